The minimum Gasteiger partial charge on any atom is -0.496 e. The van der Waals surface area contributed by atoms with Gasteiger partial charge in [0.05, 0.1) is 12.7 Å². The molecule has 0 bridgehead atoms. The molecule has 0 radical (unpaired) electrons. The van der Waals surface area contributed by atoms with Gasteiger partial charge in [-0.25, -0.2) is 4.79 Å². The Labute approximate surface area is 107 Å². The molecule has 0 unspecified atom stereocenters. The lowest BCUT2D eigenvalue weighted by atomic mass is 10.0. The third-order valence-electron chi connectivity index (χ3n) is 2.77. The van der Waals surface area contributed by atoms with E-state index in [1.807, 2.05) is 24.3 Å². The Morgan fingerprint density at radius 2 is 1.67 bits per heavy atom. The van der Waals surface area contributed by atoms with Gasteiger partial charge in [0.25, 0.3) is 0 Å². The van der Waals surface area contributed by atoms with E-state index >= 15 is 0 Å². The molecule has 4 heteroatoms. The zero-order chi connectivity index (χ0) is 13.3. The summed E-state index contributed by atoms with van der Waals surface area (Å²) in [7, 11) is -0.907. The van der Waals surface area contributed by atoms with Crippen molar-refractivity contribution in [3.05, 3.63) is 42.0 Å². The van der Waals surface area contributed by atoms with Crippen LogP contribution >= 0.6 is 0 Å². The molecule has 2 aromatic rings. The highest BCUT2D eigenvalue weighted by Crippen LogP contribution is 2.29. The van der Waals surface area contributed by atoms with Crippen molar-refractivity contribution in [2.75, 3.05) is 19.6 Å². The van der Waals surface area contributed by atoms with Crippen LogP contribution < -0.4 is 4.74 Å². The lowest BCUT2D eigenvalue weighted by molar-refractivity contribution is 0.108. The molecule has 0 saturated heterocycles. The van der Waals surface area contributed by atoms with Gasteiger partial charge in [-0.15, -0.1) is 0 Å². The second-order valence-corrected chi connectivity index (χ2v) is 7.22. The molecule has 18 heavy (non-hydrogen) atoms. The topological polar surface area (TPSA) is 43.4 Å². The number of hydrogen-bond acceptors (Lipinski definition) is 3. The summed E-state index contributed by atoms with van der Waals surface area (Å²) in [4.78, 5) is 12.2. The maximum absolute atomic E-state index is 12.2. The zero-order valence-corrected chi connectivity index (χ0v) is 11.4. The quantitative estimate of drug-likeness (QED) is 0.782. The van der Waals surface area contributed by atoms with Crippen LogP contribution in [0, 0.1) is 0 Å². The van der Waals surface area contributed by atoms with Crippen LogP contribution in [0.2, 0.25) is 0 Å². The van der Waals surface area contributed by atoms with E-state index in [1.54, 1.807) is 19.2 Å². The molecule has 0 aliphatic rings. The van der Waals surface area contributed by atoms with E-state index in [4.69, 9.17) is 4.74 Å². The SMILES string of the molecule is COc1ccc(C(=O)[S+](C)(C)=O)c2ccccc12. The molecule has 3 nitrogen and oxygen atoms in total. The van der Waals surface area contributed by atoms with Crippen molar-refractivity contribution in [1.29, 1.82) is 0 Å². The van der Waals surface area contributed by atoms with Crippen LogP contribution in [0.4, 0.5) is 0 Å². The molecule has 0 spiro atoms. The molecule has 2 aromatic carbocycles. The fourth-order valence-electron chi connectivity index (χ4n) is 1.89. The van der Waals surface area contributed by atoms with Gasteiger partial charge >= 0.3 is 5.12 Å². The minimum atomic E-state index is -2.50. The van der Waals surface area contributed by atoms with Gasteiger partial charge in [0.2, 0.25) is 0 Å². The van der Waals surface area contributed by atoms with E-state index in [1.165, 1.54) is 12.5 Å². The first-order valence-corrected chi connectivity index (χ1v) is 7.87. The summed E-state index contributed by atoms with van der Waals surface area (Å²) in [5, 5.41) is 1.31. The smallest absolute Gasteiger partial charge is 0.364 e. The van der Waals surface area contributed by atoms with Crippen LogP contribution in [0.15, 0.2) is 36.4 Å². The predicted molar refractivity (Wildman–Crippen MR) is 74.7 cm³/mol. The molecule has 0 aromatic heterocycles. The Kier molecular flexibility index (Phi) is 3.22. The van der Waals surface area contributed by atoms with Crippen molar-refractivity contribution in [3.63, 3.8) is 0 Å². The predicted octanol–water partition coefficient (Wildman–Crippen LogP) is 2.75. The van der Waals surface area contributed by atoms with Crippen molar-refractivity contribution in [1.82, 2.24) is 0 Å². The standard InChI is InChI=1S/C14H15O3S/c1-17-13-9-8-12(14(15)18(2,3)16)10-6-4-5-7-11(10)13/h4-9H,1-3H3/q+1. The van der Waals surface area contributed by atoms with Gasteiger partial charge in [-0.05, 0) is 12.1 Å². The van der Waals surface area contributed by atoms with Gasteiger partial charge in [-0.1, -0.05) is 28.5 Å². The number of ether oxygens (including phenoxy) is 1. The second kappa shape index (κ2) is 4.53. The lowest BCUT2D eigenvalue weighted by Crippen LogP contribution is -2.19. The molecule has 0 aliphatic carbocycles. The molecule has 0 saturated carbocycles. The number of hydrogen-bond donors (Lipinski definition) is 0. The molecule has 0 atom stereocenters. The molecular weight excluding hydrogens is 248 g/mol. The second-order valence-electron chi connectivity index (χ2n) is 4.38. The van der Waals surface area contributed by atoms with Gasteiger partial charge in [-0.3, -0.25) is 0 Å². The van der Waals surface area contributed by atoms with E-state index in [0.717, 1.165) is 10.8 Å². The zero-order valence-electron chi connectivity index (χ0n) is 10.6. The number of benzene rings is 2. The van der Waals surface area contributed by atoms with Gasteiger partial charge in [-0.2, -0.15) is 0 Å². The fraction of sp³-hybridized carbons (Fsp3) is 0.214. The number of methoxy groups -OCH3 is 1. The summed E-state index contributed by atoms with van der Waals surface area (Å²) < 4.78 is 17.2. The Balaban J connectivity index is 2.75. The minimum absolute atomic E-state index is 0.318. The molecule has 2 rings (SSSR count). The molecule has 0 aliphatic heterocycles. The third kappa shape index (κ3) is 2.16. The van der Waals surface area contributed by atoms with E-state index in [2.05, 4.69) is 0 Å². The monoisotopic (exact) mass is 263 g/mol. The summed E-state index contributed by atoms with van der Waals surface area (Å²) >= 11 is 0. The van der Waals surface area contributed by atoms with Crippen molar-refractivity contribution in [2.45, 2.75) is 0 Å². The van der Waals surface area contributed by atoms with E-state index in [9.17, 15) is 9.00 Å². The summed E-state index contributed by atoms with van der Waals surface area (Å²) in [6.45, 7) is 0. The van der Waals surface area contributed by atoms with Gasteiger partial charge in [0, 0.05) is 10.8 Å². The normalized spacial score (nSPS) is 11.5. The number of carbonyl (C=O) groups is 1. The van der Waals surface area contributed by atoms with Crippen molar-refractivity contribution in [2.24, 2.45) is 0 Å². The molecule has 0 fully saturated rings. The van der Waals surface area contributed by atoms with Crippen molar-refractivity contribution < 1.29 is 13.7 Å². The maximum atomic E-state index is 12.2. The van der Waals surface area contributed by atoms with Crippen LogP contribution in [0.25, 0.3) is 10.8 Å². The van der Waals surface area contributed by atoms with E-state index in [0.29, 0.717) is 11.3 Å². The summed E-state index contributed by atoms with van der Waals surface area (Å²) in [5.41, 5.74) is 0.487. The average Bonchev–Trinajstić information content (AvgIpc) is 2.35. The Morgan fingerprint density at radius 3 is 2.22 bits per heavy atom. The van der Waals surface area contributed by atoms with Crippen LogP contribution in [0.1, 0.15) is 10.4 Å². The van der Waals surface area contributed by atoms with Crippen LogP contribution in [-0.4, -0.2) is 24.7 Å². The molecule has 0 N–H and O–H groups in total. The third-order valence-corrected chi connectivity index (χ3v) is 3.88. The lowest BCUT2D eigenvalue weighted by Gasteiger charge is -2.08. The maximum Gasteiger partial charge on any atom is 0.364 e. The Morgan fingerprint density at radius 1 is 1.06 bits per heavy atom. The van der Waals surface area contributed by atoms with Crippen molar-refractivity contribution >= 4 is 25.8 Å². The summed E-state index contributed by atoms with van der Waals surface area (Å²) in [6.07, 6.45) is 2.93. The molecular formula is C14H15O3S+. The molecule has 0 heterocycles. The van der Waals surface area contributed by atoms with Gasteiger partial charge < -0.3 is 4.74 Å². The first-order chi connectivity index (χ1) is 8.45. The van der Waals surface area contributed by atoms with Crippen LogP contribution in [-0.2, 0) is 14.1 Å². The number of rotatable bonds is 2. The Bertz CT molecular complexity index is 655. The molecule has 0 amide bonds. The Hall–Kier alpha value is -1.68. The first kappa shape index (κ1) is 12.8. The first-order valence-electron chi connectivity index (χ1n) is 5.49. The number of carbonyl (C=O) groups excluding carboxylic acids is 1. The summed E-state index contributed by atoms with van der Waals surface area (Å²) in [5.74, 6) is 0.709. The molecule has 94 valence electrons. The fourth-order valence-corrected chi connectivity index (χ4v) is 2.60. The highest BCUT2D eigenvalue weighted by Gasteiger charge is 2.29. The van der Waals surface area contributed by atoms with Gasteiger partial charge in [0.15, 0.2) is 0 Å². The van der Waals surface area contributed by atoms with E-state index < -0.39 is 9.93 Å². The highest BCUT2D eigenvalue weighted by atomic mass is 32.2. The van der Waals surface area contributed by atoms with Gasteiger partial charge in [0.1, 0.15) is 28.2 Å². The highest BCUT2D eigenvalue weighted by molar-refractivity contribution is 8.15. The number of fused-ring (bicyclic) bond motifs is 1. The average molecular weight is 263 g/mol. The summed E-state index contributed by atoms with van der Waals surface area (Å²) in [6, 6.07) is 10.9. The largest absolute Gasteiger partial charge is 0.496 e. The van der Waals surface area contributed by atoms with Crippen LogP contribution in [0.3, 0.4) is 0 Å². The van der Waals surface area contributed by atoms with E-state index in [-0.39, 0.29) is 5.12 Å². The van der Waals surface area contributed by atoms with Crippen LogP contribution in [0.5, 0.6) is 5.75 Å². The van der Waals surface area contributed by atoms with Crippen molar-refractivity contribution in [3.8, 4) is 5.75 Å².